The molecule has 2 aliphatic rings. The monoisotopic (exact) mass is 701 g/mol. The minimum atomic E-state index is -4.01. The van der Waals surface area contributed by atoms with Gasteiger partial charge in [0.15, 0.2) is 12.4 Å². The highest BCUT2D eigenvalue weighted by Crippen LogP contribution is 2.47. The molecule has 10 nitrogen and oxygen atoms in total. The van der Waals surface area contributed by atoms with Crippen molar-refractivity contribution >= 4 is 21.9 Å². The second-order valence-electron chi connectivity index (χ2n) is 15.8. The third-order valence-corrected chi connectivity index (χ3v) is 10.7. The number of carbonyl (C=O) groups excluding carboxylic acids is 1. The smallest absolute Gasteiger partial charge is 0.311 e. The molecule has 274 valence electrons. The molecule has 4 rings (SSSR count). The van der Waals surface area contributed by atoms with Gasteiger partial charge in [0.1, 0.15) is 5.75 Å². The fourth-order valence-corrected chi connectivity index (χ4v) is 8.83. The highest BCUT2D eigenvalue weighted by Gasteiger charge is 2.50. The Hall–Kier alpha value is -2.70. The molecule has 0 amide bonds. The number of rotatable bonds is 8. The molecule has 0 saturated carbocycles. The molecule has 2 aromatic rings. The lowest BCUT2D eigenvalue weighted by Gasteiger charge is -2.50. The second kappa shape index (κ2) is 16.5. The van der Waals surface area contributed by atoms with Gasteiger partial charge in [-0.05, 0) is 114 Å². The first-order chi connectivity index (χ1) is 23.0. The zero-order valence-corrected chi connectivity index (χ0v) is 31.5. The third-order valence-electron chi connectivity index (χ3n) is 9.62. The van der Waals surface area contributed by atoms with Gasteiger partial charge < -0.3 is 24.3 Å². The Balaban J connectivity index is 1.69. The van der Waals surface area contributed by atoms with Crippen LogP contribution in [0.2, 0.25) is 0 Å². The van der Waals surface area contributed by atoms with Gasteiger partial charge in [0.25, 0.3) is 10.2 Å². The molecule has 0 aromatic heterocycles. The number of nitrogens with one attached hydrogen (secondary N) is 3. The van der Waals surface area contributed by atoms with Crippen molar-refractivity contribution in [1.29, 1.82) is 0 Å². The van der Waals surface area contributed by atoms with Gasteiger partial charge in [-0.2, -0.15) is 13.1 Å². The van der Waals surface area contributed by atoms with E-state index in [4.69, 9.17) is 18.9 Å². The van der Waals surface area contributed by atoms with E-state index in [-0.39, 0.29) is 17.5 Å². The Labute approximate surface area is 294 Å². The fraction of sp³-hybridized carbons (Fsp3) is 0.658. The second-order valence-corrected chi connectivity index (χ2v) is 17.3. The quantitative estimate of drug-likeness (QED) is 0.258. The van der Waals surface area contributed by atoms with Gasteiger partial charge >= 0.3 is 5.97 Å². The van der Waals surface area contributed by atoms with Crippen molar-refractivity contribution in [3.63, 3.8) is 0 Å². The zero-order valence-electron chi connectivity index (χ0n) is 30.7. The van der Waals surface area contributed by atoms with Crippen molar-refractivity contribution in [2.24, 2.45) is 16.2 Å². The molecule has 11 heteroatoms. The molecule has 2 aliphatic heterocycles. The van der Waals surface area contributed by atoms with Crippen LogP contribution in [0, 0.1) is 23.2 Å². The van der Waals surface area contributed by atoms with Gasteiger partial charge in [-0.3, -0.25) is 9.52 Å². The summed E-state index contributed by atoms with van der Waals surface area (Å²) in [4.78, 5) is 13.4. The molecule has 2 saturated heterocycles. The van der Waals surface area contributed by atoms with Crippen LogP contribution >= 0.6 is 0 Å². The van der Waals surface area contributed by atoms with Crippen molar-refractivity contribution in [2.45, 2.75) is 125 Å². The Morgan fingerprint density at radius 3 is 2.29 bits per heavy atom. The van der Waals surface area contributed by atoms with Crippen LogP contribution in [0.5, 0.6) is 5.75 Å². The third kappa shape index (κ3) is 11.1. The van der Waals surface area contributed by atoms with E-state index >= 15 is 0 Å². The molecule has 2 fully saturated rings. The summed E-state index contributed by atoms with van der Waals surface area (Å²) in [6.45, 7) is 18.5. The lowest BCUT2D eigenvalue weighted by Crippen LogP contribution is -2.61. The van der Waals surface area contributed by atoms with E-state index < -0.39 is 45.6 Å². The van der Waals surface area contributed by atoms with Crippen molar-refractivity contribution in [3.05, 3.63) is 60.2 Å². The average molecular weight is 702 g/mol. The lowest BCUT2D eigenvalue weighted by atomic mass is 9.64. The number of carbonyl (C=O) groups is 1. The van der Waals surface area contributed by atoms with E-state index in [1.54, 1.807) is 12.1 Å². The topological polar surface area (TPSA) is 124 Å². The maximum absolute atomic E-state index is 13.6. The molecular formula is C38H59N3O7S. The Morgan fingerprint density at radius 1 is 0.898 bits per heavy atom. The molecule has 49 heavy (non-hydrogen) atoms. The van der Waals surface area contributed by atoms with Crippen LogP contribution in [-0.4, -0.2) is 64.7 Å². The first-order valence-corrected chi connectivity index (χ1v) is 19.2. The predicted octanol–water partition coefficient (Wildman–Crippen LogP) is 6.75. The molecular weight excluding hydrogens is 642 g/mol. The van der Waals surface area contributed by atoms with Crippen molar-refractivity contribution in [2.75, 3.05) is 24.4 Å². The predicted molar refractivity (Wildman–Crippen MR) is 194 cm³/mol. The number of esters is 1. The number of ether oxygens (including phenoxy) is 4. The van der Waals surface area contributed by atoms with Gasteiger partial charge in [0, 0.05) is 0 Å². The van der Waals surface area contributed by atoms with Gasteiger partial charge in [0.05, 0.1) is 36.0 Å². The molecule has 2 aromatic carbocycles. The summed E-state index contributed by atoms with van der Waals surface area (Å²) in [6, 6.07) is 15.9. The van der Waals surface area contributed by atoms with E-state index in [0.29, 0.717) is 30.9 Å². The van der Waals surface area contributed by atoms with E-state index in [9.17, 15) is 13.2 Å². The van der Waals surface area contributed by atoms with Crippen molar-refractivity contribution in [3.8, 4) is 5.75 Å². The van der Waals surface area contributed by atoms with Crippen LogP contribution in [0.15, 0.2) is 54.6 Å². The highest BCUT2D eigenvalue weighted by atomic mass is 32.2. The highest BCUT2D eigenvalue weighted by molar-refractivity contribution is 7.90. The van der Waals surface area contributed by atoms with Crippen LogP contribution in [0.1, 0.15) is 92.6 Å². The SMILES string of the molecule is Cc1ccccc1NS(=O)(=O)N[C@@H]1C[C@H](C)O[C@H](OC2C(C)(C)CCCNCCCCOC(=O)C(C)(C)CC2(C)C)[C@H]1Oc1ccccc1. The van der Waals surface area contributed by atoms with Gasteiger partial charge in [0.2, 0.25) is 0 Å². The Kier molecular flexibility index (Phi) is 13.2. The normalized spacial score (nSPS) is 28.3. The van der Waals surface area contributed by atoms with Crippen LogP contribution < -0.4 is 19.5 Å². The lowest BCUT2D eigenvalue weighted by molar-refractivity contribution is -0.285. The fourth-order valence-electron chi connectivity index (χ4n) is 7.62. The molecule has 0 bridgehead atoms. The first kappa shape index (κ1) is 39.1. The molecule has 0 spiro atoms. The summed E-state index contributed by atoms with van der Waals surface area (Å²) in [5, 5.41) is 3.53. The molecule has 0 aliphatic carbocycles. The number of anilines is 1. The van der Waals surface area contributed by atoms with Crippen LogP contribution in [0.25, 0.3) is 0 Å². The van der Waals surface area contributed by atoms with E-state index in [1.165, 1.54) is 0 Å². The minimum Gasteiger partial charge on any atom is -0.483 e. The number of aryl methyl sites for hydroxylation is 1. The molecule has 5 atom stereocenters. The van der Waals surface area contributed by atoms with Crippen LogP contribution in [0.4, 0.5) is 5.69 Å². The number of cyclic esters (lactones) is 1. The summed E-state index contributed by atoms with van der Waals surface area (Å²) >= 11 is 0. The van der Waals surface area contributed by atoms with Gasteiger partial charge in [-0.15, -0.1) is 0 Å². The number of para-hydroxylation sites is 2. The Bertz CT molecular complexity index is 1460. The van der Waals surface area contributed by atoms with E-state index in [2.05, 4.69) is 42.5 Å². The summed E-state index contributed by atoms with van der Waals surface area (Å²) in [6.07, 6.45) is 1.96. The minimum absolute atomic E-state index is 0.219. The van der Waals surface area contributed by atoms with Crippen molar-refractivity contribution in [1.82, 2.24) is 10.0 Å². The first-order valence-electron chi connectivity index (χ1n) is 17.8. The maximum atomic E-state index is 13.6. The summed E-state index contributed by atoms with van der Waals surface area (Å²) in [5.41, 5.74) is -0.337. The number of hydrogen-bond donors (Lipinski definition) is 3. The molecule has 3 N–H and O–H groups in total. The summed E-state index contributed by atoms with van der Waals surface area (Å²) < 4.78 is 58.8. The van der Waals surface area contributed by atoms with E-state index in [0.717, 1.165) is 44.3 Å². The van der Waals surface area contributed by atoms with Crippen LogP contribution in [0.3, 0.4) is 0 Å². The maximum Gasteiger partial charge on any atom is 0.311 e. The van der Waals surface area contributed by atoms with Crippen LogP contribution in [-0.2, 0) is 29.2 Å². The standard InChI is InChI=1S/C38H59N3O7S/c1-27-17-12-13-20-30(27)40-49(43,44)41-31-25-28(2)46-33(32(31)47-29-18-10-9-11-19-29)48-34-36(3,4)21-16-23-39-22-14-15-24-45-35(42)38(7,8)26-37(34,5)6/h9-13,17-20,28,31-34,39-41H,14-16,21-26H2,1-8H3/t28-,31+,32-,33+,34?/m0/s1. The van der Waals surface area contributed by atoms with E-state index in [1.807, 2.05) is 70.2 Å². The molecule has 2 heterocycles. The number of hydrogen-bond acceptors (Lipinski definition) is 8. The van der Waals surface area contributed by atoms with Gasteiger partial charge in [-0.1, -0.05) is 64.1 Å². The average Bonchev–Trinajstić information content (AvgIpc) is 3.00. The van der Waals surface area contributed by atoms with Gasteiger partial charge in [-0.25, -0.2) is 0 Å². The molecule has 1 unspecified atom stereocenters. The summed E-state index contributed by atoms with van der Waals surface area (Å²) in [5.74, 6) is 0.356. The molecule has 0 radical (unpaired) electrons. The zero-order chi connectivity index (χ0) is 35.9. The summed E-state index contributed by atoms with van der Waals surface area (Å²) in [7, 11) is -4.01. The number of benzene rings is 2. The largest absolute Gasteiger partial charge is 0.483 e. The van der Waals surface area contributed by atoms with Crippen molar-refractivity contribution < 1.29 is 32.2 Å². The Morgan fingerprint density at radius 2 is 1.57 bits per heavy atom.